The molecule has 74 valence electrons. The number of hydrogen-bond acceptors (Lipinski definition) is 2. The van der Waals surface area contributed by atoms with Crippen LogP contribution in [-0.4, -0.2) is 25.8 Å². The Hall–Kier alpha value is -0.130. The highest BCUT2D eigenvalue weighted by molar-refractivity contribution is 7.86. The monoisotopic (exact) mass is 194 g/mol. The minimum Gasteiger partial charge on any atom is -0.216 e. The minimum absolute atomic E-state index is 0.596. The maximum absolute atomic E-state index is 10.7. The van der Waals surface area contributed by atoms with Gasteiger partial charge in [0.15, 0.2) is 0 Å². The van der Waals surface area contributed by atoms with Gasteiger partial charge in [-0.2, -0.15) is 12.7 Å². The Kier molecular flexibility index (Phi) is 5.44. The largest absolute Gasteiger partial charge is 0.276 e. The van der Waals surface area contributed by atoms with E-state index in [2.05, 4.69) is 0 Å². The van der Waals surface area contributed by atoms with Gasteiger partial charge in [0.1, 0.15) is 0 Å². The van der Waals surface area contributed by atoms with Crippen LogP contribution in [-0.2, 0) is 10.2 Å². The van der Waals surface area contributed by atoms with Crippen LogP contribution in [0, 0.1) is 0 Å². The highest BCUT2D eigenvalue weighted by atomic mass is 32.2. The lowest BCUT2D eigenvalue weighted by Gasteiger charge is -2.23. The van der Waals surface area contributed by atoms with Crippen LogP contribution < -0.4 is 5.14 Å². The standard InChI is InChI=1S/C5H12N2O2S.C2H6/c6-10(8,9)7-4-2-1-3-5-7;1-2/h1-5H2,(H2,6,8,9);1-2H3. The number of piperidine rings is 1. The van der Waals surface area contributed by atoms with Crippen molar-refractivity contribution in [3.8, 4) is 0 Å². The molecule has 4 nitrogen and oxygen atoms in total. The third-order valence-electron chi connectivity index (χ3n) is 1.67. The second kappa shape index (κ2) is 5.50. The molecule has 0 amide bonds. The van der Waals surface area contributed by atoms with Crippen molar-refractivity contribution < 1.29 is 8.42 Å². The molecule has 0 radical (unpaired) electrons. The Morgan fingerprint density at radius 2 is 1.50 bits per heavy atom. The molecule has 12 heavy (non-hydrogen) atoms. The molecule has 0 saturated carbocycles. The molecule has 0 aromatic rings. The molecular weight excluding hydrogens is 176 g/mol. The van der Waals surface area contributed by atoms with Crippen LogP contribution in [0.5, 0.6) is 0 Å². The molecule has 1 rings (SSSR count). The van der Waals surface area contributed by atoms with Crippen LogP contribution in [0.25, 0.3) is 0 Å². The Balaban J connectivity index is 0.000000561. The summed E-state index contributed by atoms with van der Waals surface area (Å²) >= 11 is 0. The van der Waals surface area contributed by atoms with E-state index >= 15 is 0 Å². The molecule has 5 heteroatoms. The third kappa shape index (κ3) is 4.04. The van der Waals surface area contributed by atoms with Crippen molar-refractivity contribution in [1.29, 1.82) is 0 Å². The molecule has 0 unspecified atom stereocenters. The molecule has 0 atom stereocenters. The molecule has 1 saturated heterocycles. The van der Waals surface area contributed by atoms with Crippen LogP contribution in [0.1, 0.15) is 33.1 Å². The first kappa shape index (κ1) is 11.9. The maximum Gasteiger partial charge on any atom is 0.276 e. The topological polar surface area (TPSA) is 63.4 Å². The summed E-state index contributed by atoms with van der Waals surface area (Å²) < 4.78 is 22.7. The second-order valence-electron chi connectivity index (χ2n) is 2.50. The third-order valence-corrected chi connectivity index (χ3v) is 2.76. The van der Waals surface area contributed by atoms with Crippen LogP contribution in [0.2, 0.25) is 0 Å². The van der Waals surface area contributed by atoms with Gasteiger partial charge in [-0.15, -0.1) is 0 Å². The fraction of sp³-hybridized carbons (Fsp3) is 1.00. The lowest BCUT2D eigenvalue weighted by atomic mass is 10.2. The molecule has 2 N–H and O–H groups in total. The van der Waals surface area contributed by atoms with E-state index in [1.807, 2.05) is 13.8 Å². The van der Waals surface area contributed by atoms with E-state index in [4.69, 9.17) is 5.14 Å². The average Bonchev–Trinajstić information content (AvgIpc) is 2.08. The molecule has 1 aliphatic rings. The molecular formula is C7H18N2O2S. The lowest BCUT2D eigenvalue weighted by molar-refractivity contribution is 0.347. The highest BCUT2D eigenvalue weighted by Crippen LogP contribution is 2.09. The first-order valence-electron chi connectivity index (χ1n) is 4.38. The molecule has 1 heterocycles. The smallest absolute Gasteiger partial charge is 0.216 e. The molecule has 1 aliphatic heterocycles. The molecule has 1 fully saturated rings. The zero-order valence-corrected chi connectivity index (χ0v) is 8.60. The Labute approximate surface area is 74.9 Å². The summed E-state index contributed by atoms with van der Waals surface area (Å²) in [7, 11) is -3.39. The summed E-state index contributed by atoms with van der Waals surface area (Å²) in [5, 5.41) is 4.91. The normalized spacial score (nSPS) is 19.6. The lowest BCUT2D eigenvalue weighted by Crippen LogP contribution is -2.40. The summed E-state index contributed by atoms with van der Waals surface area (Å²) in [4.78, 5) is 0. The maximum atomic E-state index is 10.7. The Bertz CT molecular complexity index is 195. The average molecular weight is 194 g/mol. The first-order chi connectivity index (χ1) is 5.61. The van der Waals surface area contributed by atoms with Crippen molar-refractivity contribution >= 4 is 10.2 Å². The van der Waals surface area contributed by atoms with E-state index < -0.39 is 10.2 Å². The summed E-state index contributed by atoms with van der Waals surface area (Å²) in [6.07, 6.45) is 3.00. The van der Waals surface area contributed by atoms with Gasteiger partial charge in [-0.3, -0.25) is 0 Å². The van der Waals surface area contributed by atoms with Crippen molar-refractivity contribution in [3.63, 3.8) is 0 Å². The van der Waals surface area contributed by atoms with Gasteiger partial charge in [-0.1, -0.05) is 20.3 Å². The minimum atomic E-state index is -3.39. The van der Waals surface area contributed by atoms with Gasteiger partial charge in [0.05, 0.1) is 0 Å². The van der Waals surface area contributed by atoms with Gasteiger partial charge in [0, 0.05) is 13.1 Å². The fourth-order valence-electron chi connectivity index (χ4n) is 1.12. The van der Waals surface area contributed by atoms with Crippen LogP contribution in [0.3, 0.4) is 0 Å². The van der Waals surface area contributed by atoms with E-state index in [-0.39, 0.29) is 0 Å². The summed E-state index contributed by atoms with van der Waals surface area (Å²) in [6, 6.07) is 0. The van der Waals surface area contributed by atoms with Gasteiger partial charge in [-0.05, 0) is 12.8 Å². The van der Waals surface area contributed by atoms with Crippen molar-refractivity contribution in [2.75, 3.05) is 13.1 Å². The molecule has 0 aromatic carbocycles. The van der Waals surface area contributed by atoms with Gasteiger partial charge in [-0.25, -0.2) is 5.14 Å². The Morgan fingerprint density at radius 1 is 1.08 bits per heavy atom. The number of nitrogens with two attached hydrogens (primary N) is 1. The van der Waals surface area contributed by atoms with Crippen LogP contribution >= 0.6 is 0 Å². The number of nitrogens with zero attached hydrogens (tertiary/aromatic N) is 1. The van der Waals surface area contributed by atoms with Crippen LogP contribution in [0.4, 0.5) is 0 Å². The van der Waals surface area contributed by atoms with E-state index in [1.54, 1.807) is 0 Å². The van der Waals surface area contributed by atoms with Crippen molar-refractivity contribution in [1.82, 2.24) is 4.31 Å². The van der Waals surface area contributed by atoms with Gasteiger partial charge < -0.3 is 0 Å². The predicted molar refractivity (Wildman–Crippen MR) is 49.9 cm³/mol. The van der Waals surface area contributed by atoms with E-state index in [0.29, 0.717) is 13.1 Å². The van der Waals surface area contributed by atoms with Crippen molar-refractivity contribution in [2.45, 2.75) is 33.1 Å². The van der Waals surface area contributed by atoms with Gasteiger partial charge >= 0.3 is 0 Å². The number of rotatable bonds is 1. The molecule has 0 aliphatic carbocycles. The molecule has 0 bridgehead atoms. The summed E-state index contributed by atoms with van der Waals surface area (Å²) in [6.45, 7) is 5.19. The molecule has 0 aromatic heterocycles. The fourth-order valence-corrected chi connectivity index (χ4v) is 1.89. The summed E-state index contributed by atoms with van der Waals surface area (Å²) in [5.74, 6) is 0. The SMILES string of the molecule is CC.NS(=O)(=O)N1CCCCC1. The quantitative estimate of drug-likeness (QED) is 0.668. The van der Waals surface area contributed by atoms with E-state index in [1.165, 1.54) is 4.31 Å². The van der Waals surface area contributed by atoms with Gasteiger partial charge in [0.25, 0.3) is 10.2 Å². The highest BCUT2D eigenvalue weighted by Gasteiger charge is 2.18. The zero-order valence-electron chi connectivity index (χ0n) is 7.78. The first-order valence-corrected chi connectivity index (χ1v) is 5.89. The Morgan fingerprint density at radius 3 is 1.75 bits per heavy atom. The predicted octanol–water partition coefficient (Wildman–Crippen LogP) is 0.702. The van der Waals surface area contributed by atoms with Crippen LogP contribution in [0.15, 0.2) is 0 Å². The summed E-state index contributed by atoms with van der Waals surface area (Å²) in [5.41, 5.74) is 0. The second-order valence-corrected chi connectivity index (χ2v) is 4.05. The van der Waals surface area contributed by atoms with Crippen molar-refractivity contribution in [2.24, 2.45) is 5.14 Å². The van der Waals surface area contributed by atoms with E-state index in [9.17, 15) is 8.42 Å². The molecule has 0 spiro atoms. The zero-order chi connectivity index (χ0) is 9.61. The van der Waals surface area contributed by atoms with Gasteiger partial charge in [0.2, 0.25) is 0 Å². The van der Waals surface area contributed by atoms with E-state index in [0.717, 1.165) is 19.3 Å². The number of hydrogen-bond donors (Lipinski definition) is 1. The van der Waals surface area contributed by atoms with Crippen molar-refractivity contribution in [3.05, 3.63) is 0 Å².